The predicted octanol–water partition coefficient (Wildman–Crippen LogP) is 3.57. The first-order valence-electron chi connectivity index (χ1n) is 22.6. The van der Waals surface area contributed by atoms with Crippen molar-refractivity contribution in [2.45, 2.75) is 171 Å². The summed E-state index contributed by atoms with van der Waals surface area (Å²) < 4.78 is 33.8. The van der Waals surface area contributed by atoms with Crippen LogP contribution in [-0.2, 0) is 37.2 Å². The van der Waals surface area contributed by atoms with Gasteiger partial charge in [0.1, 0.15) is 17.7 Å². The summed E-state index contributed by atoms with van der Waals surface area (Å²) in [5.74, 6) is -0.948. The van der Waals surface area contributed by atoms with Gasteiger partial charge in [-0.2, -0.15) is 0 Å². The van der Waals surface area contributed by atoms with E-state index in [2.05, 4.69) is 36.0 Å². The van der Waals surface area contributed by atoms with Gasteiger partial charge >= 0.3 is 12.1 Å². The van der Waals surface area contributed by atoms with Crippen molar-refractivity contribution in [3.8, 4) is 0 Å². The second-order valence-corrected chi connectivity index (χ2v) is 20.4. The average molecular weight is 887 g/mol. The first-order valence-corrected chi connectivity index (χ1v) is 24.1. The van der Waals surface area contributed by atoms with Gasteiger partial charge in [-0.25, -0.2) is 27.7 Å². The normalized spacial score (nSPS) is 19.7. The number of piperidine rings is 1. The molecule has 3 fully saturated rings. The van der Waals surface area contributed by atoms with Gasteiger partial charge in [0.25, 0.3) is 0 Å². The Hall–Kier alpha value is -4.26. The maximum atomic E-state index is 14.4. The van der Waals surface area contributed by atoms with Crippen LogP contribution in [0.5, 0.6) is 0 Å². The Morgan fingerprint density at radius 1 is 0.855 bits per heavy atom. The Morgan fingerprint density at radius 3 is 2.11 bits per heavy atom. The highest BCUT2D eigenvalue weighted by Crippen LogP contribution is 2.29. The fourth-order valence-electron chi connectivity index (χ4n) is 8.70. The van der Waals surface area contributed by atoms with E-state index in [4.69, 9.17) is 4.74 Å². The lowest BCUT2D eigenvalue weighted by Gasteiger charge is -2.34. The number of alkyl carbamates (subject to hydrolysis) is 1. The highest BCUT2D eigenvalue weighted by Gasteiger charge is 2.35. The maximum Gasteiger partial charge on any atom is 0.407 e. The highest BCUT2D eigenvalue weighted by atomic mass is 32.2. The molecule has 5 amide bonds. The van der Waals surface area contributed by atoms with Gasteiger partial charge in [0.2, 0.25) is 21.8 Å². The number of aliphatic hydroxyl groups excluding tert-OH is 2. The van der Waals surface area contributed by atoms with Gasteiger partial charge < -0.3 is 46.1 Å². The topological polar surface area (TPSA) is 244 Å². The molecule has 8 N–H and O–H groups in total. The lowest BCUT2D eigenvalue weighted by atomic mass is 9.83. The fourth-order valence-corrected chi connectivity index (χ4v) is 10.3. The van der Waals surface area contributed by atoms with E-state index < -0.39 is 75.1 Å². The zero-order valence-corrected chi connectivity index (χ0v) is 37.5. The number of ether oxygens (including phenoxy) is 1. The predicted molar refractivity (Wildman–Crippen MR) is 234 cm³/mol. The van der Waals surface area contributed by atoms with Gasteiger partial charge in [0.05, 0.1) is 35.5 Å². The molecule has 1 saturated heterocycles. The largest absolute Gasteiger partial charge is 0.444 e. The van der Waals surface area contributed by atoms with Crippen LogP contribution >= 0.6 is 0 Å². The van der Waals surface area contributed by atoms with Crippen LogP contribution in [0.15, 0.2) is 42.9 Å². The molecule has 1 aliphatic heterocycles. The molecule has 0 bridgehead atoms. The Kier molecular flexibility index (Phi) is 18.4. The number of aromatic nitrogens is 2. The highest BCUT2D eigenvalue weighted by molar-refractivity contribution is 7.90. The van der Waals surface area contributed by atoms with E-state index in [-0.39, 0.29) is 37.8 Å². The molecule has 5 atom stereocenters. The monoisotopic (exact) mass is 886 g/mol. The van der Waals surface area contributed by atoms with E-state index in [1.807, 2.05) is 30.3 Å². The minimum atomic E-state index is -3.63. The number of benzene rings is 1. The van der Waals surface area contributed by atoms with E-state index in [1.54, 1.807) is 31.9 Å². The molecule has 17 nitrogen and oxygen atoms in total. The Balaban J connectivity index is 1.27. The Morgan fingerprint density at radius 2 is 1.48 bits per heavy atom. The summed E-state index contributed by atoms with van der Waals surface area (Å²) in [4.78, 5) is 63.5. The van der Waals surface area contributed by atoms with E-state index >= 15 is 0 Å². The van der Waals surface area contributed by atoms with Gasteiger partial charge in [-0.3, -0.25) is 9.59 Å². The summed E-state index contributed by atoms with van der Waals surface area (Å²) in [7, 11) is -3.63. The van der Waals surface area contributed by atoms with Crippen LogP contribution in [-0.4, -0.2) is 124 Å². The third kappa shape index (κ3) is 16.1. The van der Waals surface area contributed by atoms with Crippen LogP contribution in [0.3, 0.4) is 0 Å². The summed E-state index contributed by atoms with van der Waals surface area (Å²) in [6.07, 6.45) is 10.4. The number of carbonyl (C=O) groups excluding carboxylic acids is 4. The van der Waals surface area contributed by atoms with Crippen molar-refractivity contribution in [2.75, 3.05) is 19.6 Å². The van der Waals surface area contributed by atoms with Crippen LogP contribution in [0.4, 0.5) is 9.59 Å². The van der Waals surface area contributed by atoms with Gasteiger partial charge in [-0.15, -0.1) is 0 Å². The number of rotatable bonds is 19. The molecule has 1 aromatic heterocycles. The third-order valence-corrected chi connectivity index (χ3v) is 14.0. The zero-order valence-electron chi connectivity index (χ0n) is 36.7. The van der Waals surface area contributed by atoms with Crippen molar-refractivity contribution in [3.63, 3.8) is 0 Å². The number of likely N-dealkylation sites (tertiary alicyclic amines) is 1. The molecule has 0 spiro atoms. The SMILES string of the molecule is CC(C)(C)OC(=O)NC1CCN(C(=O)N[C@@H](Cc2ccccc2)C(=O)N[C@@H](Cc2c[nH]cn2)C(=O)N[C@@H](CC2CCCCC2)[C@@H](O)C[C@@H](O)CNS(=O)(=O)C2CCCCC2)CC1. The van der Waals surface area contributed by atoms with Crippen LogP contribution in [0.25, 0.3) is 0 Å². The van der Waals surface area contributed by atoms with Crippen molar-refractivity contribution in [3.05, 3.63) is 54.1 Å². The van der Waals surface area contributed by atoms with Crippen LogP contribution in [0, 0.1) is 5.92 Å². The molecule has 3 aliphatic rings. The number of H-pyrrole nitrogens is 1. The quantitative estimate of drug-likeness (QED) is 0.102. The molecule has 5 rings (SSSR count). The van der Waals surface area contributed by atoms with Gasteiger partial charge in [0.15, 0.2) is 0 Å². The van der Waals surface area contributed by atoms with Crippen molar-refractivity contribution in [2.24, 2.45) is 5.92 Å². The molecule has 18 heteroatoms. The molecule has 2 saturated carbocycles. The number of carbonyl (C=O) groups is 4. The molecule has 2 heterocycles. The third-order valence-electron chi connectivity index (χ3n) is 12.1. The van der Waals surface area contributed by atoms with Gasteiger partial charge in [0, 0.05) is 51.1 Å². The maximum absolute atomic E-state index is 14.4. The number of sulfonamides is 1. The minimum absolute atomic E-state index is 0.00303. The smallest absolute Gasteiger partial charge is 0.407 e. The molecule has 0 unspecified atom stereocenters. The van der Waals surface area contributed by atoms with Crippen molar-refractivity contribution >= 4 is 34.0 Å². The summed E-state index contributed by atoms with van der Waals surface area (Å²) in [6.45, 7) is 5.78. The molecule has 2 aliphatic carbocycles. The molecule has 62 heavy (non-hydrogen) atoms. The Labute approximate surface area is 366 Å². The summed E-state index contributed by atoms with van der Waals surface area (Å²) in [5.41, 5.74) is 0.650. The number of nitrogens with one attached hydrogen (secondary N) is 6. The standard InChI is InChI=1S/C44H70N8O9S/c1-44(2,3)61-43(58)48-32-19-21-52(22-20-32)42(57)51-37(24-31-15-9-5-10-16-31)40(55)50-38(25-33-27-45-29-46-33)41(56)49-36(23-30-13-7-4-8-14-30)39(54)26-34(53)28-47-62(59,60)35-17-11-6-12-18-35/h5,9-10,15-16,27,29-30,32,34-39,47,53-54H,4,6-8,11-14,17-26,28H2,1-3H3,(H,45,46)(H,48,58)(H,49,56)(H,50,55)(H,51,57)/t34-,36+,37+,38+,39+/m1/s1. The molecule has 0 radical (unpaired) electrons. The lowest BCUT2D eigenvalue weighted by Crippen LogP contribution is -2.59. The number of hydrogen-bond acceptors (Lipinski definition) is 10. The lowest BCUT2D eigenvalue weighted by molar-refractivity contribution is -0.131. The summed E-state index contributed by atoms with van der Waals surface area (Å²) in [6, 6.07) is 5.54. The van der Waals surface area contributed by atoms with E-state index in [9.17, 15) is 37.8 Å². The second-order valence-electron chi connectivity index (χ2n) is 18.4. The van der Waals surface area contributed by atoms with Crippen LogP contribution < -0.4 is 26.0 Å². The fraction of sp³-hybridized carbons (Fsp3) is 0.705. The second kappa shape index (κ2) is 23.4. The van der Waals surface area contributed by atoms with E-state index in [0.717, 1.165) is 56.9 Å². The van der Waals surface area contributed by atoms with E-state index in [0.29, 0.717) is 50.9 Å². The van der Waals surface area contributed by atoms with Crippen molar-refractivity contribution in [1.82, 2.24) is 40.9 Å². The van der Waals surface area contributed by atoms with Gasteiger partial charge in [-0.1, -0.05) is 81.7 Å². The number of aliphatic hydroxyl groups is 2. The number of amides is 5. The van der Waals surface area contributed by atoms with Crippen molar-refractivity contribution in [1.29, 1.82) is 0 Å². The summed E-state index contributed by atoms with van der Waals surface area (Å²) >= 11 is 0. The van der Waals surface area contributed by atoms with Crippen LogP contribution in [0.1, 0.15) is 122 Å². The van der Waals surface area contributed by atoms with E-state index in [1.165, 1.54) is 6.33 Å². The number of hydrogen-bond donors (Lipinski definition) is 8. The Bertz CT molecular complexity index is 1810. The summed E-state index contributed by atoms with van der Waals surface area (Å²) in [5, 5.41) is 33.7. The number of imidazole rings is 1. The average Bonchev–Trinajstić information content (AvgIpc) is 3.76. The number of aromatic amines is 1. The molecular formula is C44H70N8O9S. The molecule has 1 aromatic carbocycles. The number of urea groups is 1. The van der Waals surface area contributed by atoms with Crippen LogP contribution in [0.2, 0.25) is 0 Å². The zero-order chi connectivity index (χ0) is 44.7. The minimum Gasteiger partial charge on any atom is -0.444 e. The first-order chi connectivity index (χ1) is 29.5. The first kappa shape index (κ1) is 48.8. The van der Waals surface area contributed by atoms with Crippen molar-refractivity contribution < 1.29 is 42.5 Å². The van der Waals surface area contributed by atoms with Gasteiger partial charge in [-0.05, 0) is 64.4 Å². The number of nitrogens with zero attached hydrogens (tertiary/aromatic N) is 2. The molecular weight excluding hydrogens is 817 g/mol. The molecule has 346 valence electrons. The molecule has 2 aromatic rings.